The van der Waals surface area contributed by atoms with Crippen LogP contribution < -0.4 is 59.1 Å². The van der Waals surface area contributed by atoms with Crippen LogP contribution in [0.2, 0.25) is 0 Å². The van der Waals surface area contributed by atoms with E-state index in [9.17, 15) is 0 Å². The molecule has 0 bridgehead atoms. The van der Waals surface area contributed by atoms with Gasteiger partial charge in [-0.25, -0.2) is 0 Å². The van der Waals surface area contributed by atoms with Crippen molar-refractivity contribution in [3.05, 3.63) is 0 Å². The first-order valence-corrected chi connectivity index (χ1v) is 1.49. The molecular weight excluding hydrogens is 170 g/mol. The zero-order valence-electron chi connectivity index (χ0n) is 5.23. The van der Waals surface area contributed by atoms with Gasteiger partial charge in [-0.05, 0) is 0 Å². The molecule has 8 heteroatoms. The molecule has 0 rings (SSSR count). The quantitative estimate of drug-likeness (QED) is 0.164. The van der Waals surface area contributed by atoms with Crippen molar-refractivity contribution in [1.29, 1.82) is 0 Å². The molecule has 0 radical (unpaired) electrons. The number of carbonyl (C=O) groups is 1. The minimum atomic E-state index is -0.750. The summed E-state index contributed by atoms with van der Waals surface area (Å²) >= 11 is -0.750. The maximum atomic E-state index is 8.29. The Morgan fingerprint density at radius 1 is 1.11 bits per heavy atom. The molecule has 0 aromatic heterocycles. The third-order valence-corrected chi connectivity index (χ3v) is 0. The van der Waals surface area contributed by atoms with Gasteiger partial charge in [0.25, 0.3) is 0 Å². The molecule has 0 saturated carbocycles. The van der Waals surface area contributed by atoms with Crippen molar-refractivity contribution >= 4 is 19.1 Å². The molecule has 0 spiro atoms. The molecule has 5 nitrogen and oxygen atoms in total. The normalized spacial score (nSPS) is 3.11. The van der Waals surface area contributed by atoms with E-state index in [0.717, 1.165) is 0 Å². The van der Waals surface area contributed by atoms with Gasteiger partial charge in [-0.2, -0.15) is 0 Å². The molecule has 0 heterocycles. The fourth-order valence-corrected chi connectivity index (χ4v) is 0. The summed E-state index contributed by atoms with van der Waals surface area (Å²) in [5.41, 5.74) is 0. The second kappa shape index (κ2) is 94.6. The molecule has 0 unspecified atom stereocenters. The molecule has 0 aromatic rings. The summed E-state index contributed by atoms with van der Waals surface area (Å²) in [5, 5.41) is 12.0. The molecule has 0 amide bonds. The summed E-state index contributed by atoms with van der Waals surface area (Å²) in [6.07, 6.45) is 0. The van der Waals surface area contributed by atoms with E-state index in [2.05, 4.69) is 0 Å². The average molecular weight is 174 g/mol. The van der Waals surface area contributed by atoms with Crippen LogP contribution in [0.15, 0.2) is 0 Å². The van der Waals surface area contributed by atoms with Gasteiger partial charge in [-0.1, -0.05) is 0 Å². The van der Waals surface area contributed by atoms with Gasteiger partial charge in [0.15, 0.2) is 0 Å². The fraction of sp³-hybridized carbons (Fsp3) is 0. The Hall–Kier alpha value is 1.86. The Morgan fingerprint density at radius 3 is 1.11 bits per heavy atom. The summed E-state index contributed by atoms with van der Waals surface area (Å²) in [6, 6.07) is 0. The van der Waals surface area contributed by atoms with E-state index in [1.807, 2.05) is 6.79 Å². The molecule has 0 saturated heterocycles. The molecule has 0 atom stereocenters. The van der Waals surface area contributed by atoms with Crippen LogP contribution in [-0.2, 0) is 4.79 Å². The van der Waals surface area contributed by atoms with Gasteiger partial charge in [-0.15, -0.1) is 0 Å². The van der Waals surface area contributed by atoms with E-state index in [4.69, 9.17) is 24.4 Å². The minimum Gasteiger partial charge on any atom is -0.811 e. The van der Waals surface area contributed by atoms with E-state index < -0.39 is 12.3 Å². The molecule has 0 aromatic carbocycles. The summed E-state index contributed by atoms with van der Waals surface area (Å²) in [4.78, 5) is 8.00. The minimum absolute atomic E-state index is 0. The third kappa shape index (κ3) is 176. The fourth-order valence-electron chi connectivity index (χ4n) is 0. The van der Waals surface area contributed by atoms with Gasteiger partial charge in [-0.3, -0.25) is 10.5 Å². The number of hydrogen-bond donors (Lipinski definition) is 2. The number of rotatable bonds is 0. The van der Waals surface area contributed by atoms with Crippen LogP contribution in [0, 0.1) is 0 Å². The van der Waals surface area contributed by atoms with Crippen molar-refractivity contribution in [1.82, 2.24) is 0 Å². The summed E-state index contributed by atoms with van der Waals surface area (Å²) in [7, 11) is 0. The van der Waals surface area contributed by atoms with Crippen LogP contribution in [-0.4, -0.2) is 26.4 Å². The zero-order chi connectivity index (χ0) is 6.71. The van der Waals surface area contributed by atoms with E-state index >= 15 is 0 Å². The Bertz CT molecular complexity index is 18.9. The first-order chi connectivity index (χ1) is 3.41. The van der Waals surface area contributed by atoms with Crippen LogP contribution in [0.5, 0.6) is 0 Å². The molecule has 46 valence electrons. The van der Waals surface area contributed by atoms with E-state index in [0.29, 0.717) is 0 Å². The second-order valence-corrected chi connectivity index (χ2v) is 0.204. The smallest absolute Gasteiger partial charge is 0.811 e. The Kier molecular flexibility index (Phi) is 323. The third-order valence-electron chi connectivity index (χ3n) is 0. The maximum absolute atomic E-state index is 8.29. The summed E-state index contributed by atoms with van der Waals surface area (Å²) < 4.78 is 16.6. The molecule has 0 fully saturated rings. The molecular formula is CH4Na2O5S. The second-order valence-electron chi connectivity index (χ2n) is 0.0680. The SMILES string of the molecule is C=O.OO.[Na+].[Na+].[O-]S[O-]. The molecule has 0 aliphatic rings. The van der Waals surface area contributed by atoms with Crippen molar-refractivity contribution in [2.75, 3.05) is 0 Å². The summed E-state index contributed by atoms with van der Waals surface area (Å²) in [6.45, 7) is 2.00. The summed E-state index contributed by atoms with van der Waals surface area (Å²) in [5.74, 6) is 0. The first-order valence-electron chi connectivity index (χ1n) is 0.822. The Labute approximate surface area is 101 Å². The monoisotopic (exact) mass is 174 g/mol. The molecule has 0 aliphatic heterocycles. The predicted molar refractivity (Wildman–Crippen MR) is 21.5 cm³/mol. The Balaban J connectivity index is -0.00000000825. The topological polar surface area (TPSA) is 104 Å². The number of hydrogen-bond acceptors (Lipinski definition) is 6. The largest absolute Gasteiger partial charge is 1.00 e. The zero-order valence-corrected chi connectivity index (χ0v) is 10.1. The van der Waals surface area contributed by atoms with Crippen molar-refractivity contribution in [3.63, 3.8) is 0 Å². The van der Waals surface area contributed by atoms with Crippen molar-refractivity contribution in [2.24, 2.45) is 0 Å². The van der Waals surface area contributed by atoms with Crippen LogP contribution >= 0.6 is 12.3 Å². The Morgan fingerprint density at radius 2 is 1.11 bits per heavy atom. The average Bonchev–Trinajstić information content (AvgIpc) is 1.78. The van der Waals surface area contributed by atoms with Gasteiger partial charge in [0.1, 0.15) is 6.79 Å². The first kappa shape index (κ1) is 30.7. The molecule has 9 heavy (non-hydrogen) atoms. The van der Waals surface area contributed by atoms with Gasteiger partial charge in [0.2, 0.25) is 0 Å². The van der Waals surface area contributed by atoms with Crippen molar-refractivity contribution in [2.45, 2.75) is 0 Å². The molecule has 2 N–H and O–H groups in total. The van der Waals surface area contributed by atoms with Crippen LogP contribution in [0.1, 0.15) is 0 Å². The maximum Gasteiger partial charge on any atom is 1.00 e. The molecule has 0 aliphatic carbocycles. The number of carbonyl (C=O) groups excluding carboxylic acids is 1. The standard InChI is InChI=1S/CH2O.2Na.H2O2S.H2O2/c1-2;;;1-3-2;1-2/h1H2;;;1-2H;1-2H/q;2*+1;;/p-2. The van der Waals surface area contributed by atoms with Crippen LogP contribution in [0.3, 0.4) is 0 Å². The van der Waals surface area contributed by atoms with Crippen molar-refractivity contribution in [3.8, 4) is 0 Å². The van der Waals surface area contributed by atoms with Crippen molar-refractivity contribution < 1.29 is 83.5 Å². The predicted octanol–water partition coefficient (Wildman–Crippen LogP) is -6.18. The van der Waals surface area contributed by atoms with Crippen LogP contribution in [0.25, 0.3) is 0 Å². The van der Waals surface area contributed by atoms with E-state index in [-0.39, 0.29) is 59.1 Å². The van der Waals surface area contributed by atoms with E-state index in [1.54, 1.807) is 0 Å². The van der Waals surface area contributed by atoms with Gasteiger partial charge in [0, 0.05) is 0 Å². The van der Waals surface area contributed by atoms with Gasteiger partial charge in [0.05, 0.1) is 0 Å². The van der Waals surface area contributed by atoms with Crippen LogP contribution in [0.4, 0.5) is 0 Å². The van der Waals surface area contributed by atoms with Gasteiger partial charge < -0.3 is 26.2 Å². The van der Waals surface area contributed by atoms with Gasteiger partial charge >= 0.3 is 59.1 Å². The van der Waals surface area contributed by atoms with E-state index in [1.165, 1.54) is 0 Å².